The third kappa shape index (κ3) is 1.47. The summed E-state index contributed by atoms with van der Waals surface area (Å²) in [6, 6.07) is 0. The topological polar surface area (TPSA) is 34.1 Å². The lowest BCUT2D eigenvalue weighted by molar-refractivity contribution is -0.139. The summed E-state index contributed by atoms with van der Waals surface area (Å²) in [4.78, 5) is 25.7. The van der Waals surface area contributed by atoms with Crippen LogP contribution < -0.4 is 0 Å². The second-order valence-electron chi connectivity index (χ2n) is 9.56. The van der Waals surface area contributed by atoms with Crippen LogP contribution in [-0.4, -0.2) is 11.6 Å². The molecule has 2 nitrogen and oxygen atoms in total. The van der Waals surface area contributed by atoms with Gasteiger partial charge in [-0.2, -0.15) is 0 Å². The molecule has 0 aromatic rings. The number of allylic oxidation sites excluding steroid dienone is 3. The minimum Gasteiger partial charge on any atom is -0.294 e. The van der Waals surface area contributed by atoms with Crippen LogP contribution in [0.5, 0.6) is 0 Å². The van der Waals surface area contributed by atoms with Crippen LogP contribution in [0.15, 0.2) is 23.8 Å². The molecule has 0 unspecified atom stereocenters. The van der Waals surface area contributed by atoms with E-state index in [1.54, 1.807) is 0 Å². The number of carbonyl (C=O) groups excluding carboxylic acids is 2. The average Bonchev–Trinajstić information content (AvgIpc) is 2.69. The Balaban J connectivity index is 1.95. The fraction of sp³-hybridized carbons (Fsp3) is 0.714. The van der Waals surface area contributed by atoms with Crippen LogP contribution in [0.3, 0.4) is 0 Å². The second-order valence-corrected chi connectivity index (χ2v) is 9.56. The van der Waals surface area contributed by atoms with Crippen molar-refractivity contribution in [3.8, 4) is 0 Å². The lowest BCUT2D eigenvalue weighted by atomic mass is 9.37. The summed E-state index contributed by atoms with van der Waals surface area (Å²) in [6.07, 6.45) is 8.06. The molecule has 0 radical (unpaired) electrons. The van der Waals surface area contributed by atoms with Crippen LogP contribution in [0.25, 0.3) is 0 Å². The van der Waals surface area contributed by atoms with Gasteiger partial charge in [-0.1, -0.05) is 40.7 Å². The van der Waals surface area contributed by atoms with Gasteiger partial charge in [-0.25, -0.2) is 0 Å². The monoisotopic (exact) mass is 312 g/mol. The van der Waals surface area contributed by atoms with Gasteiger partial charge in [0.25, 0.3) is 0 Å². The van der Waals surface area contributed by atoms with Crippen LogP contribution in [0, 0.1) is 27.6 Å². The summed E-state index contributed by atoms with van der Waals surface area (Å²) < 4.78 is 0. The van der Waals surface area contributed by atoms with E-state index in [2.05, 4.69) is 34.3 Å². The van der Waals surface area contributed by atoms with E-state index in [1.807, 2.05) is 6.08 Å². The third-order valence-electron chi connectivity index (χ3n) is 8.68. The lowest BCUT2D eigenvalue weighted by Gasteiger charge is -2.66. The molecule has 0 aromatic heterocycles. The third-order valence-corrected chi connectivity index (χ3v) is 8.68. The van der Waals surface area contributed by atoms with Gasteiger partial charge < -0.3 is 0 Å². The van der Waals surface area contributed by atoms with Gasteiger partial charge in [-0.15, -0.1) is 0 Å². The highest BCUT2D eigenvalue weighted by Gasteiger charge is 2.68. The molecule has 124 valence electrons. The van der Waals surface area contributed by atoms with Gasteiger partial charge in [-0.3, -0.25) is 9.59 Å². The van der Waals surface area contributed by atoms with E-state index in [0.717, 1.165) is 24.8 Å². The van der Waals surface area contributed by atoms with Gasteiger partial charge >= 0.3 is 0 Å². The van der Waals surface area contributed by atoms with E-state index in [1.165, 1.54) is 12.8 Å². The summed E-state index contributed by atoms with van der Waals surface area (Å²) in [5, 5.41) is 0. The van der Waals surface area contributed by atoms with Crippen molar-refractivity contribution in [3.05, 3.63) is 23.8 Å². The van der Waals surface area contributed by atoms with E-state index < -0.39 is 5.41 Å². The van der Waals surface area contributed by atoms with Crippen molar-refractivity contribution in [3.63, 3.8) is 0 Å². The Hall–Kier alpha value is -1.18. The van der Waals surface area contributed by atoms with Gasteiger partial charge in [0.1, 0.15) is 0 Å². The van der Waals surface area contributed by atoms with Crippen molar-refractivity contribution in [2.24, 2.45) is 27.6 Å². The predicted molar refractivity (Wildman–Crippen MR) is 90.9 cm³/mol. The Kier molecular flexibility index (Phi) is 2.72. The van der Waals surface area contributed by atoms with Gasteiger partial charge in [0.15, 0.2) is 11.6 Å². The quantitative estimate of drug-likeness (QED) is 0.610. The first-order valence-electron chi connectivity index (χ1n) is 9.09. The van der Waals surface area contributed by atoms with Crippen molar-refractivity contribution >= 4 is 11.6 Å². The Morgan fingerprint density at radius 3 is 2.43 bits per heavy atom. The number of fused-ring (bicyclic) bond motifs is 3. The van der Waals surface area contributed by atoms with Crippen molar-refractivity contribution in [1.82, 2.24) is 0 Å². The van der Waals surface area contributed by atoms with E-state index in [0.29, 0.717) is 12.0 Å². The molecule has 3 saturated carbocycles. The maximum absolute atomic E-state index is 13.1. The van der Waals surface area contributed by atoms with Crippen molar-refractivity contribution < 1.29 is 9.59 Å². The first-order valence-corrected chi connectivity index (χ1v) is 9.09. The number of ketones is 2. The molecule has 4 atom stereocenters. The zero-order valence-electron chi connectivity index (χ0n) is 14.9. The summed E-state index contributed by atoms with van der Waals surface area (Å²) in [6.45, 7) is 13.5. The lowest BCUT2D eigenvalue weighted by Crippen LogP contribution is -2.59. The van der Waals surface area contributed by atoms with Crippen molar-refractivity contribution in [2.45, 2.75) is 66.2 Å². The summed E-state index contributed by atoms with van der Waals surface area (Å²) in [5.74, 6) is 0.0578. The number of hydrogen-bond donors (Lipinski definition) is 0. The SMILES string of the molecule is C=C1C(=O)[C@@]23CC[C@]4(C)C(C)(C)CCC[C@@]4(C)C2=CC(=O)[C@@H]1C3. The van der Waals surface area contributed by atoms with E-state index in [9.17, 15) is 9.59 Å². The van der Waals surface area contributed by atoms with Crippen molar-refractivity contribution in [2.75, 3.05) is 0 Å². The molecule has 4 rings (SSSR count). The largest absolute Gasteiger partial charge is 0.294 e. The van der Waals surface area contributed by atoms with E-state index in [-0.39, 0.29) is 33.7 Å². The molecule has 0 amide bonds. The Morgan fingerprint density at radius 2 is 1.74 bits per heavy atom. The second kappa shape index (κ2) is 4.07. The van der Waals surface area contributed by atoms with Gasteiger partial charge in [0, 0.05) is 0 Å². The van der Waals surface area contributed by atoms with Crippen LogP contribution in [-0.2, 0) is 9.59 Å². The maximum Gasteiger partial charge on any atom is 0.169 e. The molecule has 4 aliphatic carbocycles. The minimum absolute atomic E-state index is 0.0477. The molecule has 1 spiro atoms. The smallest absolute Gasteiger partial charge is 0.169 e. The van der Waals surface area contributed by atoms with Crippen LogP contribution in [0.2, 0.25) is 0 Å². The Labute approximate surface area is 139 Å². The first kappa shape index (κ1) is 15.4. The molecule has 3 fully saturated rings. The number of rotatable bonds is 0. The zero-order valence-corrected chi connectivity index (χ0v) is 14.9. The highest BCUT2D eigenvalue weighted by atomic mass is 16.1. The van der Waals surface area contributed by atoms with E-state index in [4.69, 9.17) is 0 Å². The van der Waals surface area contributed by atoms with Gasteiger partial charge in [0.2, 0.25) is 0 Å². The molecule has 0 heterocycles. The molecule has 0 aromatic carbocycles. The van der Waals surface area contributed by atoms with Crippen LogP contribution >= 0.6 is 0 Å². The summed E-state index contributed by atoms with van der Waals surface area (Å²) in [5.41, 5.74) is 1.67. The zero-order chi connectivity index (χ0) is 16.8. The average molecular weight is 312 g/mol. The highest BCUT2D eigenvalue weighted by Crippen LogP contribution is 2.73. The van der Waals surface area contributed by atoms with Crippen LogP contribution in [0.1, 0.15) is 66.2 Å². The van der Waals surface area contributed by atoms with Crippen LogP contribution in [0.4, 0.5) is 0 Å². The van der Waals surface area contributed by atoms with Crippen molar-refractivity contribution in [1.29, 1.82) is 0 Å². The normalized spacial score (nSPS) is 47.9. The molecule has 4 aliphatic rings. The first-order chi connectivity index (χ1) is 10.6. The molecular weight excluding hydrogens is 284 g/mol. The van der Waals surface area contributed by atoms with Gasteiger partial charge in [-0.05, 0) is 65.6 Å². The fourth-order valence-electron chi connectivity index (χ4n) is 6.65. The number of carbonyl (C=O) groups is 2. The number of Topliss-reactive ketones (excluding diaryl/α,β-unsaturated/α-hetero) is 1. The molecule has 2 heteroatoms. The Bertz CT molecular complexity index is 682. The molecule has 23 heavy (non-hydrogen) atoms. The van der Waals surface area contributed by atoms with Gasteiger partial charge in [0.05, 0.1) is 11.3 Å². The Morgan fingerprint density at radius 1 is 1.04 bits per heavy atom. The highest BCUT2D eigenvalue weighted by molar-refractivity contribution is 6.15. The fourth-order valence-corrected chi connectivity index (χ4v) is 6.65. The standard InChI is InChI=1S/C21H28O2/c1-13-14-12-21(17(13)23)10-9-20(5)18(2,3)7-6-8-19(20,4)16(21)11-15(14)22/h11,14H,1,6-10,12H2,2-5H3/t14-,19+,20-,21-/m1/s1. The molecule has 0 N–H and O–H groups in total. The molecule has 0 aliphatic heterocycles. The minimum atomic E-state index is -0.405. The molecule has 0 saturated heterocycles. The molecular formula is C21H28O2. The maximum atomic E-state index is 13.1. The molecule has 2 bridgehead atoms. The summed E-state index contributed by atoms with van der Waals surface area (Å²) >= 11 is 0. The summed E-state index contributed by atoms with van der Waals surface area (Å²) in [7, 11) is 0. The predicted octanol–water partition coefficient (Wildman–Crippen LogP) is 4.64. The number of hydrogen-bond acceptors (Lipinski definition) is 2. The van der Waals surface area contributed by atoms with E-state index >= 15 is 0 Å².